The molecule has 0 fully saturated rings. The van der Waals surface area contributed by atoms with E-state index in [0.29, 0.717) is 0 Å². The number of nitrogens with zero attached hydrogens (tertiary/aromatic N) is 1. The zero-order valence-corrected chi connectivity index (χ0v) is 12.5. The molecule has 0 radical (unpaired) electrons. The highest BCUT2D eigenvalue weighted by molar-refractivity contribution is 7.87. The summed E-state index contributed by atoms with van der Waals surface area (Å²) in [6, 6.07) is 7.67. The van der Waals surface area contributed by atoms with Crippen molar-refractivity contribution in [2.45, 2.75) is 24.9 Å². The summed E-state index contributed by atoms with van der Waals surface area (Å²) in [5, 5.41) is 0. The van der Waals surface area contributed by atoms with Crippen LogP contribution in [0.2, 0.25) is 0 Å². The van der Waals surface area contributed by atoms with Crippen molar-refractivity contribution in [3.05, 3.63) is 53.2 Å². The van der Waals surface area contributed by atoms with E-state index in [2.05, 4.69) is 4.98 Å². The molecule has 2 aromatic rings. The van der Waals surface area contributed by atoms with E-state index in [1.54, 1.807) is 19.1 Å². The third-order valence-electron chi connectivity index (χ3n) is 2.74. The Morgan fingerprint density at radius 3 is 2.14 bits per heavy atom. The SMILES string of the molecule is Cc1ccc(S(=O)(=O)Oc2cc(C)cc(C(F)(F)F)n2)cc1. The zero-order valence-electron chi connectivity index (χ0n) is 11.7. The van der Waals surface area contributed by atoms with Crippen molar-refractivity contribution in [1.29, 1.82) is 0 Å². The topological polar surface area (TPSA) is 56.3 Å². The zero-order chi connectivity index (χ0) is 16.5. The average molecular weight is 331 g/mol. The number of aryl methyl sites for hydroxylation is 2. The van der Waals surface area contributed by atoms with Gasteiger partial charge in [0.15, 0.2) is 0 Å². The van der Waals surface area contributed by atoms with Crippen molar-refractivity contribution in [2.24, 2.45) is 0 Å². The van der Waals surface area contributed by atoms with E-state index in [4.69, 9.17) is 4.18 Å². The average Bonchev–Trinajstić information content (AvgIpc) is 2.36. The Morgan fingerprint density at radius 1 is 1.00 bits per heavy atom. The molecule has 22 heavy (non-hydrogen) atoms. The lowest BCUT2D eigenvalue weighted by Gasteiger charge is -2.10. The monoisotopic (exact) mass is 331 g/mol. The maximum atomic E-state index is 12.7. The smallest absolute Gasteiger partial charge is 0.358 e. The molecule has 0 aliphatic heterocycles. The van der Waals surface area contributed by atoms with Crippen molar-refractivity contribution in [3.8, 4) is 5.88 Å². The summed E-state index contributed by atoms with van der Waals surface area (Å²) >= 11 is 0. The molecule has 2 rings (SSSR count). The van der Waals surface area contributed by atoms with Crippen LogP contribution >= 0.6 is 0 Å². The third-order valence-corrected chi connectivity index (χ3v) is 3.98. The van der Waals surface area contributed by atoms with Crippen molar-refractivity contribution >= 4 is 10.1 Å². The van der Waals surface area contributed by atoms with E-state index >= 15 is 0 Å². The van der Waals surface area contributed by atoms with Gasteiger partial charge in [0, 0.05) is 6.07 Å². The molecule has 0 saturated heterocycles. The number of halogens is 3. The Hall–Kier alpha value is -2.09. The predicted molar refractivity (Wildman–Crippen MR) is 73.0 cm³/mol. The second kappa shape index (κ2) is 5.60. The minimum atomic E-state index is -4.68. The molecule has 0 aliphatic carbocycles. The summed E-state index contributed by atoms with van der Waals surface area (Å²) in [6.45, 7) is 3.16. The number of benzene rings is 1. The number of pyridine rings is 1. The van der Waals surface area contributed by atoms with Gasteiger partial charge < -0.3 is 4.18 Å². The number of aromatic nitrogens is 1. The Labute approximate surface area is 125 Å². The second-order valence-electron chi connectivity index (χ2n) is 4.72. The van der Waals surface area contributed by atoms with Crippen LogP contribution in [0.5, 0.6) is 5.88 Å². The van der Waals surface area contributed by atoms with E-state index in [9.17, 15) is 21.6 Å². The van der Waals surface area contributed by atoms with Gasteiger partial charge in [-0.15, -0.1) is 0 Å². The minimum absolute atomic E-state index is 0.157. The number of hydrogen-bond donors (Lipinski definition) is 0. The van der Waals surface area contributed by atoms with Crippen LogP contribution < -0.4 is 4.18 Å². The molecule has 8 heteroatoms. The van der Waals surface area contributed by atoms with Crippen LogP contribution in [-0.2, 0) is 16.3 Å². The standard InChI is InChI=1S/C14H12F3NO3S/c1-9-3-5-11(6-4-9)22(19,20)21-13-8-10(2)7-12(18-13)14(15,16)17/h3-8H,1-2H3. The molecule has 0 amide bonds. The molecule has 0 bridgehead atoms. The summed E-state index contributed by atoms with van der Waals surface area (Å²) in [6.07, 6.45) is -4.68. The predicted octanol–water partition coefficient (Wildman–Crippen LogP) is 3.48. The highest BCUT2D eigenvalue weighted by atomic mass is 32.2. The van der Waals surface area contributed by atoms with Gasteiger partial charge in [0.1, 0.15) is 10.6 Å². The first-order valence-electron chi connectivity index (χ1n) is 6.15. The van der Waals surface area contributed by atoms with E-state index in [-0.39, 0.29) is 10.5 Å². The maximum absolute atomic E-state index is 12.7. The number of rotatable bonds is 3. The maximum Gasteiger partial charge on any atom is 0.433 e. The molecule has 1 aromatic carbocycles. The van der Waals surface area contributed by atoms with Gasteiger partial charge in [-0.3, -0.25) is 0 Å². The second-order valence-corrected chi connectivity index (χ2v) is 6.26. The lowest BCUT2D eigenvalue weighted by molar-refractivity contribution is -0.141. The van der Waals surface area contributed by atoms with Crippen molar-refractivity contribution < 1.29 is 25.8 Å². The van der Waals surface area contributed by atoms with Crippen molar-refractivity contribution in [1.82, 2.24) is 4.98 Å². The highest BCUT2D eigenvalue weighted by Crippen LogP contribution is 2.30. The van der Waals surface area contributed by atoms with Crippen LogP contribution in [0.25, 0.3) is 0 Å². The lowest BCUT2D eigenvalue weighted by Crippen LogP contribution is -2.14. The van der Waals surface area contributed by atoms with Crippen LogP contribution in [0.15, 0.2) is 41.3 Å². The summed E-state index contributed by atoms with van der Waals surface area (Å²) in [4.78, 5) is 3.05. The molecular formula is C14H12F3NO3S. The Morgan fingerprint density at radius 2 is 1.59 bits per heavy atom. The molecule has 0 unspecified atom stereocenters. The van der Waals surface area contributed by atoms with Gasteiger partial charge in [-0.2, -0.15) is 21.6 Å². The van der Waals surface area contributed by atoms with E-state index < -0.39 is 27.9 Å². The van der Waals surface area contributed by atoms with Crippen LogP contribution in [0.1, 0.15) is 16.8 Å². The first-order chi connectivity index (χ1) is 10.1. The van der Waals surface area contributed by atoms with Crippen molar-refractivity contribution in [2.75, 3.05) is 0 Å². The molecule has 0 N–H and O–H groups in total. The molecule has 118 valence electrons. The van der Waals surface area contributed by atoms with Crippen LogP contribution in [-0.4, -0.2) is 13.4 Å². The molecule has 0 aliphatic rings. The molecular weight excluding hydrogens is 319 g/mol. The summed E-state index contributed by atoms with van der Waals surface area (Å²) < 4.78 is 66.8. The normalized spacial score (nSPS) is 12.2. The Kier molecular flexibility index (Phi) is 4.15. The van der Waals surface area contributed by atoms with Gasteiger partial charge in [0.25, 0.3) is 0 Å². The third kappa shape index (κ3) is 3.76. The van der Waals surface area contributed by atoms with Gasteiger partial charge in [-0.1, -0.05) is 17.7 Å². The number of alkyl halides is 3. The fourth-order valence-corrected chi connectivity index (χ4v) is 2.56. The van der Waals surface area contributed by atoms with Gasteiger partial charge in [-0.05, 0) is 37.6 Å². The molecule has 1 heterocycles. The van der Waals surface area contributed by atoms with Crippen LogP contribution in [0.3, 0.4) is 0 Å². The first kappa shape index (κ1) is 16.3. The van der Waals surface area contributed by atoms with Gasteiger partial charge in [0.2, 0.25) is 5.88 Å². The molecule has 0 spiro atoms. The van der Waals surface area contributed by atoms with E-state index in [1.165, 1.54) is 19.1 Å². The quantitative estimate of drug-likeness (QED) is 0.808. The van der Waals surface area contributed by atoms with Crippen LogP contribution in [0, 0.1) is 13.8 Å². The van der Waals surface area contributed by atoms with Gasteiger partial charge in [0.05, 0.1) is 0 Å². The minimum Gasteiger partial charge on any atom is -0.358 e. The first-order valence-corrected chi connectivity index (χ1v) is 7.56. The Bertz CT molecular complexity index is 784. The largest absolute Gasteiger partial charge is 0.433 e. The van der Waals surface area contributed by atoms with E-state index in [1.807, 2.05) is 0 Å². The summed E-state index contributed by atoms with van der Waals surface area (Å²) in [5.41, 5.74) is -0.176. The molecule has 0 saturated carbocycles. The fraction of sp³-hybridized carbons (Fsp3) is 0.214. The molecule has 1 aromatic heterocycles. The fourth-order valence-electron chi connectivity index (χ4n) is 1.69. The summed E-state index contributed by atoms with van der Waals surface area (Å²) in [7, 11) is -4.24. The van der Waals surface area contributed by atoms with Crippen LogP contribution in [0.4, 0.5) is 13.2 Å². The summed E-state index contributed by atoms with van der Waals surface area (Å²) in [5.74, 6) is -0.618. The Balaban J connectivity index is 2.38. The van der Waals surface area contributed by atoms with Gasteiger partial charge in [-0.25, -0.2) is 4.98 Å². The van der Waals surface area contributed by atoms with Gasteiger partial charge >= 0.3 is 16.3 Å². The molecule has 0 atom stereocenters. The highest BCUT2D eigenvalue weighted by Gasteiger charge is 2.33. The van der Waals surface area contributed by atoms with Crippen molar-refractivity contribution in [3.63, 3.8) is 0 Å². The van der Waals surface area contributed by atoms with E-state index in [0.717, 1.165) is 17.7 Å². The lowest BCUT2D eigenvalue weighted by atomic mass is 10.2. The molecule has 4 nitrogen and oxygen atoms in total. The number of hydrogen-bond acceptors (Lipinski definition) is 4.